The van der Waals surface area contributed by atoms with Gasteiger partial charge in [0.15, 0.2) is 5.69 Å². The number of methoxy groups -OCH3 is 1. The van der Waals surface area contributed by atoms with Gasteiger partial charge in [0.25, 0.3) is 5.91 Å². The number of hydrogen-bond donors (Lipinski definition) is 1. The van der Waals surface area contributed by atoms with Crippen molar-refractivity contribution >= 4 is 11.6 Å². The molecule has 3 aromatic rings. The van der Waals surface area contributed by atoms with E-state index in [1.54, 1.807) is 11.8 Å². The Morgan fingerprint density at radius 3 is 2.06 bits per heavy atom. The number of aryl methyl sites for hydroxylation is 1. The number of hydrogen-bond acceptors (Lipinski definition) is 4. The first-order valence-corrected chi connectivity index (χ1v) is 10.9. The topological polar surface area (TPSA) is 69.0 Å². The van der Waals surface area contributed by atoms with Crippen LogP contribution in [-0.4, -0.2) is 28.0 Å². The molecule has 0 bridgehead atoms. The summed E-state index contributed by atoms with van der Waals surface area (Å²) in [5.41, 5.74) is 5.77. The Labute approximate surface area is 191 Å². The summed E-state index contributed by atoms with van der Waals surface area (Å²) in [4.78, 5) is 13.2. The van der Waals surface area contributed by atoms with Crippen molar-refractivity contribution < 1.29 is 9.53 Å². The van der Waals surface area contributed by atoms with Gasteiger partial charge >= 0.3 is 0 Å². The average molecular weight is 435 g/mol. The maximum Gasteiger partial charge on any atom is 0.278 e. The van der Waals surface area contributed by atoms with E-state index in [-0.39, 0.29) is 22.4 Å². The highest BCUT2D eigenvalue weighted by atomic mass is 16.5. The van der Waals surface area contributed by atoms with Crippen LogP contribution in [0.3, 0.4) is 0 Å². The Morgan fingerprint density at radius 2 is 1.53 bits per heavy atom. The van der Waals surface area contributed by atoms with Gasteiger partial charge in [-0.3, -0.25) is 4.79 Å². The summed E-state index contributed by atoms with van der Waals surface area (Å²) >= 11 is 0. The third-order valence-electron chi connectivity index (χ3n) is 5.60. The number of amides is 1. The number of nitrogens with one attached hydrogen (secondary N) is 1. The molecule has 3 rings (SSSR count). The number of nitrogens with zero attached hydrogens (tertiary/aromatic N) is 3. The summed E-state index contributed by atoms with van der Waals surface area (Å²) in [5.74, 6) is 0.384. The first kappa shape index (κ1) is 23.5. The van der Waals surface area contributed by atoms with Crippen molar-refractivity contribution in [3.8, 4) is 11.4 Å². The number of ether oxygens (including phenoxy) is 1. The Hall–Kier alpha value is -3.15. The maximum atomic E-state index is 13.2. The molecular weight excluding hydrogens is 400 g/mol. The van der Waals surface area contributed by atoms with Gasteiger partial charge in [0.2, 0.25) is 0 Å². The Kier molecular flexibility index (Phi) is 6.18. The van der Waals surface area contributed by atoms with Crippen LogP contribution in [0.15, 0.2) is 36.4 Å². The molecule has 0 aliphatic rings. The zero-order chi connectivity index (χ0) is 23.8. The monoisotopic (exact) mass is 434 g/mol. The average Bonchev–Trinajstić information content (AvgIpc) is 3.07. The minimum atomic E-state index is -0.286. The van der Waals surface area contributed by atoms with Crippen LogP contribution in [0.25, 0.3) is 5.69 Å². The third kappa shape index (κ3) is 4.85. The fraction of sp³-hybridized carbons (Fsp3) is 0.423. The van der Waals surface area contributed by atoms with Gasteiger partial charge in [0.05, 0.1) is 12.8 Å². The van der Waals surface area contributed by atoms with Crippen molar-refractivity contribution in [1.29, 1.82) is 0 Å². The molecule has 1 amide bonds. The van der Waals surface area contributed by atoms with E-state index in [1.807, 2.05) is 44.2 Å². The van der Waals surface area contributed by atoms with Gasteiger partial charge in [-0.15, -0.1) is 5.10 Å². The number of anilines is 1. The molecule has 0 radical (unpaired) electrons. The second kappa shape index (κ2) is 8.41. The predicted octanol–water partition coefficient (Wildman–Crippen LogP) is 5.74. The van der Waals surface area contributed by atoms with Crippen molar-refractivity contribution in [3.05, 3.63) is 64.5 Å². The highest BCUT2D eigenvalue weighted by Crippen LogP contribution is 2.32. The van der Waals surface area contributed by atoms with E-state index in [9.17, 15) is 4.79 Å². The van der Waals surface area contributed by atoms with E-state index in [0.29, 0.717) is 11.4 Å². The summed E-state index contributed by atoms with van der Waals surface area (Å²) in [6.45, 7) is 16.9. The molecular formula is C26H34N4O2. The van der Waals surface area contributed by atoms with E-state index >= 15 is 0 Å². The van der Waals surface area contributed by atoms with E-state index in [0.717, 1.165) is 16.9 Å². The van der Waals surface area contributed by atoms with Gasteiger partial charge in [-0.25, -0.2) is 4.68 Å². The quantitative estimate of drug-likeness (QED) is 0.568. The van der Waals surface area contributed by atoms with Gasteiger partial charge in [-0.1, -0.05) is 58.9 Å². The Morgan fingerprint density at radius 1 is 0.938 bits per heavy atom. The van der Waals surface area contributed by atoms with E-state index < -0.39 is 0 Å². The molecule has 0 spiro atoms. The lowest BCUT2D eigenvalue weighted by Crippen LogP contribution is -2.19. The van der Waals surface area contributed by atoms with Gasteiger partial charge in [0.1, 0.15) is 11.4 Å². The van der Waals surface area contributed by atoms with Crippen molar-refractivity contribution in [2.75, 3.05) is 12.4 Å². The van der Waals surface area contributed by atoms with E-state index in [2.05, 4.69) is 63.2 Å². The molecule has 170 valence electrons. The maximum absolute atomic E-state index is 13.2. The molecule has 0 aliphatic heterocycles. The lowest BCUT2D eigenvalue weighted by atomic mass is 9.80. The second-order valence-electron chi connectivity index (χ2n) is 10.4. The van der Waals surface area contributed by atoms with Gasteiger partial charge in [-0.05, 0) is 65.6 Å². The fourth-order valence-corrected chi connectivity index (χ4v) is 3.49. The Balaban J connectivity index is 1.98. The number of carbonyl (C=O) groups is 1. The normalized spacial score (nSPS) is 12.0. The Bertz CT molecular complexity index is 1120. The molecule has 1 aromatic heterocycles. The summed E-state index contributed by atoms with van der Waals surface area (Å²) < 4.78 is 7.12. The van der Waals surface area contributed by atoms with Crippen LogP contribution in [0, 0.1) is 13.8 Å². The molecule has 0 aliphatic carbocycles. The zero-order valence-corrected chi connectivity index (χ0v) is 20.6. The van der Waals surface area contributed by atoms with Crippen LogP contribution in [0.4, 0.5) is 5.69 Å². The highest BCUT2D eigenvalue weighted by molar-refractivity contribution is 6.03. The van der Waals surface area contributed by atoms with Crippen LogP contribution in [0.1, 0.15) is 74.4 Å². The summed E-state index contributed by atoms with van der Waals surface area (Å²) in [5, 5.41) is 11.5. The molecule has 0 saturated heterocycles. The van der Waals surface area contributed by atoms with Gasteiger partial charge in [-0.2, -0.15) is 0 Å². The molecule has 1 heterocycles. The van der Waals surface area contributed by atoms with Crippen molar-refractivity contribution in [2.45, 2.75) is 66.2 Å². The van der Waals surface area contributed by atoms with Gasteiger partial charge in [0, 0.05) is 5.69 Å². The molecule has 6 nitrogen and oxygen atoms in total. The van der Waals surface area contributed by atoms with E-state index in [4.69, 9.17) is 4.74 Å². The molecule has 2 aromatic carbocycles. The predicted molar refractivity (Wildman–Crippen MR) is 129 cm³/mol. The van der Waals surface area contributed by atoms with Crippen LogP contribution in [-0.2, 0) is 10.8 Å². The summed E-state index contributed by atoms with van der Waals surface area (Å²) in [7, 11) is 1.61. The molecule has 0 unspecified atom stereocenters. The SMILES string of the molecule is COc1ccc(C)cc1-n1nnc(C(=O)Nc2cc(C(C)(C)C)cc(C(C)(C)C)c2)c1C. The zero-order valence-electron chi connectivity index (χ0n) is 20.6. The molecule has 0 saturated carbocycles. The first-order valence-electron chi connectivity index (χ1n) is 10.9. The molecule has 32 heavy (non-hydrogen) atoms. The number of rotatable bonds is 4. The van der Waals surface area contributed by atoms with Gasteiger partial charge < -0.3 is 10.1 Å². The largest absolute Gasteiger partial charge is 0.494 e. The molecule has 0 fully saturated rings. The van der Waals surface area contributed by atoms with Crippen LogP contribution < -0.4 is 10.1 Å². The van der Waals surface area contributed by atoms with Crippen molar-refractivity contribution in [3.63, 3.8) is 0 Å². The minimum Gasteiger partial charge on any atom is -0.494 e. The van der Waals surface area contributed by atoms with Crippen LogP contribution in [0.2, 0.25) is 0 Å². The number of aromatic nitrogens is 3. The minimum absolute atomic E-state index is 0.0402. The smallest absolute Gasteiger partial charge is 0.278 e. The third-order valence-corrected chi connectivity index (χ3v) is 5.60. The second-order valence-corrected chi connectivity index (χ2v) is 10.4. The molecule has 0 atom stereocenters. The lowest BCUT2D eigenvalue weighted by Gasteiger charge is -2.26. The summed E-state index contributed by atoms with van der Waals surface area (Å²) in [6.07, 6.45) is 0. The van der Waals surface area contributed by atoms with Crippen molar-refractivity contribution in [1.82, 2.24) is 15.0 Å². The van der Waals surface area contributed by atoms with Crippen LogP contribution >= 0.6 is 0 Å². The highest BCUT2D eigenvalue weighted by Gasteiger charge is 2.23. The van der Waals surface area contributed by atoms with E-state index in [1.165, 1.54) is 11.1 Å². The van der Waals surface area contributed by atoms with Crippen LogP contribution in [0.5, 0.6) is 5.75 Å². The van der Waals surface area contributed by atoms with Crippen molar-refractivity contribution in [2.24, 2.45) is 0 Å². The summed E-state index contributed by atoms with van der Waals surface area (Å²) in [6, 6.07) is 12.1. The standard InChI is InChI=1S/C26H34N4O2/c1-16-10-11-22(32-9)21(12-16)30-17(2)23(28-29-30)24(31)27-20-14-18(25(3,4)5)13-19(15-20)26(6,7)8/h10-15H,1-9H3,(H,27,31). The number of benzene rings is 2. The first-order chi connectivity index (χ1) is 14.8. The number of carbonyl (C=O) groups excluding carboxylic acids is 1. The molecule has 1 N–H and O–H groups in total. The fourth-order valence-electron chi connectivity index (χ4n) is 3.49. The molecule has 6 heteroatoms. The lowest BCUT2D eigenvalue weighted by molar-refractivity contribution is 0.102.